The first-order chi connectivity index (χ1) is 9.52. The summed E-state index contributed by atoms with van der Waals surface area (Å²) in [5, 5.41) is 3.48. The lowest BCUT2D eigenvalue weighted by Gasteiger charge is -2.19. The zero-order chi connectivity index (χ0) is 14.7. The molecular formula is C17H22FNO. The van der Waals surface area contributed by atoms with Gasteiger partial charge in [0.05, 0.1) is 0 Å². The molecule has 1 unspecified atom stereocenters. The first-order valence-electron chi connectivity index (χ1n) is 7.07. The van der Waals surface area contributed by atoms with Crippen LogP contribution in [0.5, 0.6) is 0 Å². The highest BCUT2D eigenvalue weighted by Crippen LogP contribution is 2.29. The molecular weight excluding hydrogens is 253 g/mol. The normalized spacial score (nSPS) is 12.7. The van der Waals surface area contributed by atoms with E-state index in [2.05, 4.69) is 19.2 Å². The molecule has 20 heavy (non-hydrogen) atoms. The van der Waals surface area contributed by atoms with E-state index in [0.717, 1.165) is 30.0 Å². The topological polar surface area (TPSA) is 25.2 Å². The second-order valence-electron chi connectivity index (χ2n) is 5.20. The van der Waals surface area contributed by atoms with Crippen molar-refractivity contribution >= 4 is 0 Å². The average Bonchev–Trinajstić information content (AvgIpc) is 2.63. The van der Waals surface area contributed by atoms with Crippen LogP contribution in [0.15, 0.2) is 28.7 Å². The molecule has 1 aromatic heterocycles. The quantitative estimate of drug-likeness (QED) is 0.883. The molecule has 0 fully saturated rings. The van der Waals surface area contributed by atoms with E-state index in [-0.39, 0.29) is 11.9 Å². The summed E-state index contributed by atoms with van der Waals surface area (Å²) in [5.41, 5.74) is 3.38. The number of hydrogen-bond donors (Lipinski definition) is 1. The van der Waals surface area contributed by atoms with Crippen molar-refractivity contribution in [1.82, 2.24) is 5.32 Å². The standard InChI is InChI=1S/C17H22FNO/c1-5-19-16(10-14-7-6-8-15(18)9-14)17-11(2)12(3)20-13(17)4/h6-9,16,19H,5,10H2,1-4H3. The van der Waals surface area contributed by atoms with E-state index in [1.807, 2.05) is 19.9 Å². The van der Waals surface area contributed by atoms with Crippen molar-refractivity contribution in [3.05, 3.63) is 58.3 Å². The molecule has 1 atom stereocenters. The highest BCUT2D eigenvalue weighted by molar-refractivity contribution is 5.35. The highest BCUT2D eigenvalue weighted by Gasteiger charge is 2.20. The maximum Gasteiger partial charge on any atom is 0.123 e. The van der Waals surface area contributed by atoms with Gasteiger partial charge in [-0.15, -0.1) is 0 Å². The predicted octanol–water partition coefficient (Wildman–Crippen LogP) is 4.24. The van der Waals surface area contributed by atoms with E-state index in [0.29, 0.717) is 0 Å². The van der Waals surface area contributed by atoms with Crippen LogP contribution in [-0.4, -0.2) is 6.54 Å². The Kier molecular flexibility index (Phi) is 4.61. The van der Waals surface area contributed by atoms with Crippen LogP contribution in [0.2, 0.25) is 0 Å². The summed E-state index contributed by atoms with van der Waals surface area (Å²) < 4.78 is 19.0. The molecule has 0 saturated carbocycles. The molecule has 0 bridgehead atoms. The van der Waals surface area contributed by atoms with E-state index in [4.69, 9.17) is 4.42 Å². The molecule has 0 amide bonds. The van der Waals surface area contributed by atoms with Crippen molar-refractivity contribution in [2.75, 3.05) is 6.54 Å². The Hall–Kier alpha value is -1.61. The van der Waals surface area contributed by atoms with Crippen molar-refractivity contribution in [2.24, 2.45) is 0 Å². The average molecular weight is 275 g/mol. The number of halogens is 1. The molecule has 0 saturated heterocycles. The Morgan fingerprint density at radius 3 is 2.50 bits per heavy atom. The lowest BCUT2D eigenvalue weighted by molar-refractivity contribution is 0.484. The first-order valence-corrected chi connectivity index (χ1v) is 7.07. The van der Waals surface area contributed by atoms with Crippen LogP contribution in [0.1, 0.15) is 41.2 Å². The van der Waals surface area contributed by atoms with Crippen LogP contribution in [0.4, 0.5) is 4.39 Å². The second-order valence-corrected chi connectivity index (χ2v) is 5.20. The summed E-state index contributed by atoms with van der Waals surface area (Å²) in [6.45, 7) is 9.00. The van der Waals surface area contributed by atoms with Crippen LogP contribution >= 0.6 is 0 Å². The zero-order valence-electron chi connectivity index (χ0n) is 12.6. The van der Waals surface area contributed by atoms with Crippen molar-refractivity contribution in [2.45, 2.75) is 40.2 Å². The Bertz CT molecular complexity index is 589. The first kappa shape index (κ1) is 14.8. The Labute approximate surface area is 120 Å². The smallest absolute Gasteiger partial charge is 0.123 e. The summed E-state index contributed by atoms with van der Waals surface area (Å²) in [5.74, 6) is 1.72. The monoisotopic (exact) mass is 275 g/mol. The molecule has 0 aliphatic heterocycles. The molecule has 108 valence electrons. The highest BCUT2D eigenvalue weighted by atomic mass is 19.1. The fraction of sp³-hybridized carbons (Fsp3) is 0.412. The van der Waals surface area contributed by atoms with Gasteiger partial charge in [0.2, 0.25) is 0 Å². The fourth-order valence-corrected chi connectivity index (χ4v) is 2.74. The van der Waals surface area contributed by atoms with Gasteiger partial charge in [0, 0.05) is 11.6 Å². The number of nitrogens with one attached hydrogen (secondary N) is 1. The Balaban J connectivity index is 2.31. The van der Waals surface area contributed by atoms with Crippen LogP contribution in [-0.2, 0) is 6.42 Å². The minimum Gasteiger partial charge on any atom is -0.466 e. The van der Waals surface area contributed by atoms with E-state index >= 15 is 0 Å². The molecule has 1 aromatic carbocycles. The maximum atomic E-state index is 13.3. The van der Waals surface area contributed by atoms with Gasteiger partial charge < -0.3 is 9.73 Å². The van der Waals surface area contributed by atoms with Gasteiger partial charge in [-0.2, -0.15) is 0 Å². The van der Waals surface area contributed by atoms with Gasteiger partial charge in [-0.1, -0.05) is 19.1 Å². The molecule has 1 heterocycles. The SMILES string of the molecule is CCNC(Cc1cccc(F)c1)c1c(C)oc(C)c1C. The number of benzene rings is 1. The van der Waals surface area contributed by atoms with Gasteiger partial charge in [0.25, 0.3) is 0 Å². The van der Waals surface area contributed by atoms with Crippen molar-refractivity contribution in [1.29, 1.82) is 0 Å². The fourth-order valence-electron chi connectivity index (χ4n) is 2.74. The molecule has 1 N–H and O–H groups in total. The third-order valence-corrected chi connectivity index (χ3v) is 3.75. The second kappa shape index (κ2) is 6.23. The molecule has 0 radical (unpaired) electrons. The zero-order valence-corrected chi connectivity index (χ0v) is 12.6. The molecule has 2 rings (SSSR count). The largest absolute Gasteiger partial charge is 0.466 e. The van der Waals surface area contributed by atoms with Crippen LogP contribution < -0.4 is 5.32 Å². The molecule has 0 aliphatic rings. The lowest BCUT2D eigenvalue weighted by Crippen LogP contribution is -2.24. The minimum absolute atomic E-state index is 0.152. The van der Waals surface area contributed by atoms with Gasteiger partial charge >= 0.3 is 0 Å². The van der Waals surface area contributed by atoms with E-state index in [1.54, 1.807) is 12.1 Å². The lowest BCUT2D eigenvalue weighted by atomic mass is 9.95. The van der Waals surface area contributed by atoms with Crippen LogP contribution in [0.25, 0.3) is 0 Å². The van der Waals surface area contributed by atoms with Gasteiger partial charge in [-0.3, -0.25) is 0 Å². The summed E-state index contributed by atoms with van der Waals surface area (Å²) >= 11 is 0. The maximum absolute atomic E-state index is 13.3. The Morgan fingerprint density at radius 2 is 1.95 bits per heavy atom. The summed E-state index contributed by atoms with van der Waals surface area (Å²) in [4.78, 5) is 0. The summed E-state index contributed by atoms with van der Waals surface area (Å²) in [6.07, 6.45) is 0.756. The van der Waals surface area contributed by atoms with E-state index in [1.165, 1.54) is 17.2 Å². The van der Waals surface area contributed by atoms with Crippen molar-refractivity contribution in [3.63, 3.8) is 0 Å². The molecule has 2 nitrogen and oxygen atoms in total. The number of rotatable bonds is 5. The minimum atomic E-state index is -0.186. The van der Waals surface area contributed by atoms with Crippen LogP contribution in [0.3, 0.4) is 0 Å². The van der Waals surface area contributed by atoms with Gasteiger partial charge in [-0.25, -0.2) is 4.39 Å². The van der Waals surface area contributed by atoms with Crippen molar-refractivity contribution < 1.29 is 8.81 Å². The number of likely N-dealkylation sites (N-methyl/N-ethyl adjacent to an activating group) is 1. The Morgan fingerprint density at radius 1 is 1.20 bits per heavy atom. The van der Waals surface area contributed by atoms with E-state index < -0.39 is 0 Å². The number of aryl methyl sites for hydroxylation is 2. The van der Waals surface area contributed by atoms with Gasteiger partial charge in [0.1, 0.15) is 17.3 Å². The third-order valence-electron chi connectivity index (χ3n) is 3.75. The molecule has 0 spiro atoms. The third kappa shape index (κ3) is 3.10. The molecule has 3 heteroatoms. The summed E-state index contributed by atoms with van der Waals surface area (Å²) in [7, 11) is 0. The predicted molar refractivity (Wildman–Crippen MR) is 79.4 cm³/mol. The van der Waals surface area contributed by atoms with Gasteiger partial charge in [0.15, 0.2) is 0 Å². The number of hydrogen-bond acceptors (Lipinski definition) is 2. The van der Waals surface area contributed by atoms with Gasteiger partial charge in [-0.05, 0) is 57.0 Å². The summed E-state index contributed by atoms with van der Waals surface area (Å²) in [6, 6.07) is 6.95. The van der Waals surface area contributed by atoms with Crippen LogP contribution in [0, 0.1) is 26.6 Å². The van der Waals surface area contributed by atoms with Crippen molar-refractivity contribution in [3.8, 4) is 0 Å². The molecule has 0 aliphatic carbocycles. The number of furan rings is 1. The van der Waals surface area contributed by atoms with E-state index in [9.17, 15) is 4.39 Å². The molecule has 2 aromatic rings.